The Labute approximate surface area is 190 Å². The molecule has 0 radical (unpaired) electrons. The molecule has 0 bridgehead atoms. The fourth-order valence-corrected chi connectivity index (χ4v) is 2.89. The van der Waals surface area contributed by atoms with Crippen LogP contribution in [0.1, 0.15) is 55.9 Å². The van der Waals surface area contributed by atoms with Gasteiger partial charge in [0.2, 0.25) is 0 Å². The lowest BCUT2D eigenvalue weighted by atomic mass is 10.2. The number of aryl methyl sites for hydroxylation is 2. The summed E-state index contributed by atoms with van der Waals surface area (Å²) in [6.45, 7) is 13.6. The molecule has 0 aliphatic rings. The summed E-state index contributed by atoms with van der Waals surface area (Å²) >= 11 is 0. The van der Waals surface area contributed by atoms with E-state index in [9.17, 15) is 5.26 Å². The number of aliphatic hydroxyl groups excluding tert-OH is 1. The molecule has 0 atom stereocenters. The fraction of sp³-hybridized carbons (Fsp3) is 0.478. The maximum absolute atomic E-state index is 9.50. The molecule has 3 aromatic rings. The molecule has 0 unspecified atom stereocenters. The molecular formula is C23H36N8O. The smallest absolute Gasteiger partial charge is 0.162 e. The first-order valence-corrected chi connectivity index (χ1v) is 11.1. The lowest BCUT2D eigenvalue weighted by Gasteiger charge is -2.11. The Balaban J connectivity index is 0.00000121. The molecule has 9 heteroatoms. The highest BCUT2D eigenvalue weighted by Crippen LogP contribution is 2.24. The third-order valence-electron chi connectivity index (χ3n) is 4.51. The van der Waals surface area contributed by atoms with E-state index in [4.69, 9.17) is 10.8 Å². The number of nitriles is 1. The van der Waals surface area contributed by atoms with Crippen molar-refractivity contribution < 1.29 is 5.11 Å². The quantitative estimate of drug-likeness (QED) is 0.392. The molecule has 0 spiro atoms. The molecule has 3 rings (SSSR count). The van der Waals surface area contributed by atoms with Crippen LogP contribution in [0.5, 0.6) is 0 Å². The van der Waals surface area contributed by atoms with Gasteiger partial charge in [0.25, 0.3) is 0 Å². The number of aromatic nitrogens is 4. The van der Waals surface area contributed by atoms with Crippen LogP contribution in [-0.2, 0) is 13.0 Å². The number of nitrogens with zero attached hydrogens (tertiary/aromatic N) is 5. The van der Waals surface area contributed by atoms with Gasteiger partial charge in [-0.2, -0.15) is 14.9 Å². The Hall–Kier alpha value is -3.22. The molecule has 0 aliphatic carbocycles. The van der Waals surface area contributed by atoms with Crippen LogP contribution in [0.15, 0.2) is 18.2 Å². The van der Waals surface area contributed by atoms with Crippen molar-refractivity contribution in [1.82, 2.24) is 24.9 Å². The number of nitrogens with one attached hydrogen (secondary N) is 2. The molecule has 0 aromatic carbocycles. The molecule has 174 valence electrons. The topological polar surface area (TPSA) is 137 Å². The zero-order valence-electron chi connectivity index (χ0n) is 20.0. The van der Waals surface area contributed by atoms with E-state index in [-0.39, 0.29) is 18.0 Å². The van der Waals surface area contributed by atoms with Crippen LogP contribution < -0.4 is 16.4 Å². The molecule has 0 aliphatic heterocycles. The number of nitrogens with two attached hydrogens (primary N) is 1. The summed E-state index contributed by atoms with van der Waals surface area (Å²) in [5.41, 5.74) is 10.7. The number of rotatable bonds is 8. The van der Waals surface area contributed by atoms with Crippen LogP contribution in [0.2, 0.25) is 0 Å². The highest BCUT2D eigenvalue weighted by atomic mass is 16.3. The average Bonchev–Trinajstić information content (AvgIpc) is 3.11. The van der Waals surface area contributed by atoms with Crippen molar-refractivity contribution in [1.29, 1.82) is 5.26 Å². The van der Waals surface area contributed by atoms with Gasteiger partial charge in [-0.05, 0) is 26.0 Å². The third-order valence-corrected chi connectivity index (χ3v) is 4.51. The molecule has 5 N–H and O–H groups in total. The molecule has 3 heterocycles. The fourth-order valence-electron chi connectivity index (χ4n) is 2.89. The van der Waals surface area contributed by atoms with E-state index >= 15 is 0 Å². The first-order chi connectivity index (χ1) is 15.5. The van der Waals surface area contributed by atoms with E-state index in [1.54, 1.807) is 0 Å². The molecule has 32 heavy (non-hydrogen) atoms. The van der Waals surface area contributed by atoms with E-state index in [1.807, 2.05) is 59.7 Å². The van der Waals surface area contributed by atoms with Gasteiger partial charge in [0.1, 0.15) is 23.3 Å². The van der Waals surface area contributed by atoms with Gasteiger partial charge in [-0.15, -0.1) is 0 Å². The predicted molar refractivity (Wildman–Crippen MR) is 130 cm³/mol. The number of hydrogen-bond acceptors (Lipinski definition) is 8. The van der Waals surface area contributed by atoms with Gasteiger partial charge in [-0.1, -0.05) is 33.8 Å². The van der Waals surface area contributed by atoms with Crippen LogP contribution in [0, 0.1) is 25.2 Å². The van der Waals surface area contributed by atoms with Crippen LogP contribution in [-0.4, -0.2) is 44.4 Å². The van der Waals surface area contributed by atoms with Crippen molar-refractivity contribution in [3.8, 4) is 6.07 Å². The van der Waals surface area contributed by atoms with E-state index in [2.05, 4.69) is 31.8 Å². The van der Waals surface area contributed by atoms with Crippen LogP contribution in [0.4, 0.5) is 11.6 Å². The van der Waals surface area contributed by atoms with Crippen molar-refractivity contribution in [2.24, 2.45) is 0 Å². The zero-order valence-corrected chi connectivity index (χ0v) is 20.0. The van der Waals surface area contributed by atoms with Gasteiger partial charge >= 0.3 is 0 Å². The normalized spacial score (nSPS) is 9.94. The number of fused-ring (bicyclic) bond motifs is 1. The molecule has 3 aromatic heterocycles. The Morgan fingerprint density at radius 3 is 2.44 bits per heavy atom. The minimum absolute atomic E-state index is 0.0987. The second kappa shape index (κ2) is 14.0. The van der Waals surface area contributed by atoms with Gasteiger partial charge in [0, 0.05) is 37.3 Å². The van der Waals surface area contributed by atoms with Gasteiger partial charge in [0.05, 0.1) is 18.0 Å². The Morgan fingerprint density at radius 1 is 1.09 bits per heavy atom. The highest BCUT2D eigenvalue weighted by molar-refractivity contribution is 5.69. The third kappa shape index (κ3) is 6.64. The molecule has 0 saturated carbocycles. The second-order valence-corrected chi connectivity index (χ2v) is 6.48. The largest absolute Gasteiger partial charge is 0.395 e. The van der Waals surface area contributed by atoms with Crippen molar-refractivity contribution in [2.75, 3.05) is 30.7 Å². The molecule has 9 nitrogen and oxygen atoms in total. The maximum Gasteiger partial charge on any atom is 0.162 e. The van der Waals surface area contributed by atoms with Gasteiger partial charge in [-0.25, -0.2) is 4.98 Å². The summed E-state index contributed by atoms with van der Waals surface area (Å²) in [6.07, 6.45) is 0.669. The maximum atomic E-state index is 9.50. The molecule has 0 fully saturated rings. The number of nitrogen functional groups attached to an aromatic ring is 1. The average molecular weight is 441 g/mol. The van der Waals surface area contributed by atoms with Gasteiger partial charge in [0.15, 0.2) is 5.65 Å². The van der Waals surface area contributed by atoms with Crippen molar-refractivity contribution in [3.63, 3.8) is 0 Å². The summed E-state index contributed by atoms with van der Waals surface area (Å²) in [6, 6.07) is 7.97. The summed E-state index contributed by atoms with van der Waals surface area (Å²) in [5, 5.41) is 29.0. The molecular weight excluding hydrogens is 404 g/mol. The summed E-state index contributed by atoms with van der Waals surface area (Å²) in [4.78, 5) is 9.15. The monoisotopic (exact) mass is 440 g/mol. The molecule has 0 amide bonds. The zero-order chi connectivity index (χ0) is 24.1. The lowest BCUT2D eigenvalue weighted by Crippen LogP contribution is -2.18. The Morgan fingerprint density at radius 2 is 1.78 bits per heavy atom. The van der Waals surface area contributed by atoms with Crippen molar-refractivity contribution in [2.45, 2.75) is 54.5 Å². The summed E-state index contributed by atoms with van der Waals surface area (Å²) in [7, 11) is 0. The SMILES string of the molecule is CC.CC.Cc1nn2c(N)c(C#N)c(NCCc3cccc(CNCCO)n3)nc2c1C. The molecule has 0 saturated heterocycles. The minimum atomic E-state index is 0.0987. The summed E-state index contributed by atoms with van der Waals surface area (Å²) < 4.78 is 1.51. The number of pyridine rings is 1. The van der Waals surface area contributed by atoms with Crippen molar-refractivity contribution >= 4 is 17.3 Å². The number of hydrogen-bond donors (Lipinski definition) is 4. The van der Waals surface area contributed by atoms with E-state index in [1.165, 1.54) is 4.52 Å². The first-order valence-electron chi connectivity index (χ1n) is 11.1. The number of anilines is 2. The summed E-state index contributed by atoms with van der Waals surface area (Å²) in [5.74, 6) is 0.734. The van der Waals surface area contributed by atoms with E-state index < -0.39 is 0 Å². The van der Waals surface area contributed by atoms with E-state index in [0.717, 1.165) is 22.6 Å². The first kappa shape index (κ1) is 26.8. The standard InChI is InChI=1S/C19H24N8O.2C2H6/c1-12-13(2)26-27-17(21)16(10-20)18(25-19(12)27)23-7-6-14-4-3-5-15(24-14)11-22-8-9-28;2*1-2/h3-5,22,28H,6-9,11,21H2,1-2H3,(H,23,25);2*1-2H3. The van der Waals surface area contributed by atoms with Gasteiger partial charge in [-0.3, -0.25) is 4.98 Å². The van der Waals surface area contributed by atoms with Crippen LogP contribution in [0.25, 0.3) is 5.65 Å². The predicted octanol–water partition coefficient (Wildman–Crippen LogP) is 2.98. The highest BCUT2D eigenvalue weighted by Gasteiger charge is 2.16. The second-order valence-electron chi connectivity index (χ2n) is 6.48. The minimum Gasteiger partial charge on any atom is -0.395 e. The van der Waals surface area contributed by atoms with Crippen LogP contribution in [0.3, 0.4) is 0 Å². The Kier molecular flexibility index (Phi) is 11.7. The Bertz CT molecular complexity index is 1020. The van der Waals surface area contributed by atoms with Crippen molar-refractivity contribution in [3.05, 3.63) is 46.4 Å². The lowest BCUT2D eigenvalue weighted by molar-refractivity contribution is 0.291. The number of aliphatic hydroxyl groups is 1. The van der Waals surface area contributed by atoms with Gasteiger partial charge < -0.3 is 21.5 Å². The van der Waals surface area contributed by atoms with Crippen LogP contribution >= 0.6 is 0 Å². The van der Waals surface area contributed by atoms with E-state index in [0.29, 0.717) is 37.5 Å².